The van der Waals surface area contributed by atoms with Crippen LogP contribution in [0, 0.1) is 11.6 Å². The lowest BCUT2D eigenvalue weighted by Gasteiger charge is -2.11. The normalized spacial score (nSPS) is 11.2. The molecule has 3 heterocycles. The summed E-state index contributed by atoms with van der Waals surface area (Å²) in [5.74, 6) is 1.23. The molecule has 3 aromatic heterocycles. The van der Waals surface area contributed by atoms with Gasteiger partial charge >= 0.3 is 0 Å². The van der Waals surface area contributed by atoms with Crippen molar-refractivity contribution in [2.24, 2.45) is 0 Å². The third-order valence-electron chi connectivity index (χ3n) is 6.70. The molecular weight excluding hydrogens is 518 g/mol. The lowest BCUT2D eigenvalue weighted by atomic mass is 10.1. The second-order valence-corrected chi connectivity index (χ2v) is 9.37. The van der Waals surface area contributed by atoms with Crippen LogP contribution in [0.4, 0.5) is 8.78 Å². The molecule has 0 aliphatic carbocycles. The number of para-hydroxylation sites is 2. The van der Waals surface area contributed by atoms with Crippen molar-refractivity contribution in [1.29, 1.82) is 0 Å². The van der Waals surface area contributed by atoms with E-state index in [4.69, 9.17) is 15.0 Å². The third-order valence-corrected chi connectivity index (χ3v) is 6.70. The van der Waals surface area contributed by atoms with Gasteiger partial charge in [-0.15, -0.1) is 0 Å². The van der Waals surface area contributed by atoms with Crippen LogP contribution < -0.4 is 0 Å². The number of aromatic nitrogens is 6. The van der Waals surface area contributed by atoms with Crippen molar-refractivity contribution in [2.45, 2.75) is 0 Å². The van der Waals surface area contributed by atoms with Crippen molar-refractivity contribution in [3.63, 3.8) is 0 Å². The predicted octanol–water partition coefficient (Wildman–Crippen LogP) is 7.55. The fraction of sp³-hybridized carbons (Fsp3) is 0. The zero-order valence-corrected chi connectivity index (χ0v) is 21.5. The summed E-state index contributed by atoms with van der Waals surface area (Å²) in [6.07, 6.45) is 3.51. The number of pyridine rings is 1. The van der Waals surface area contributed by atoms with E-state index in [1.807, 2.05) is 60.7 Å². The first-order chi connectivity index (χ1) is 20.1. The van der Waals surface area contributed by atoms with Crippen LogP contribution in [0.5, 0.6) is 0 Å². The smallest absolute Gasteiger partial charge is 0.164 e. The molecule has 0 amide bonds. The zero-order chi connectivity index (χ0) is 27.8. The first-order valence-corrected chi connectivity index (χ1v) is 12.9. The first-order valence-electron chi connectivity index (χ1n) is 12.9. The average Bonchev–Trinajstić information content (AvgIpc) is 3.42. The van der Waals surface area contributed by atoms with Crippen molar-refractivity contribution in [1.82, 2.24) is 29.5 Å². The predicted molar refractivity (Wildman–Crippen MR) is 154 cm³/mol. The Labute approximate surface area is 233 Å². The van der Waals surface area contributed by atoms with Gasteiger partial charge in [-0.25, -0.2) is 28.7 Å². The lowest BCUT2D eigenvalue weighted by molar-refractivity contribution is 0.627. The van der Waals surface area contributed by atoms with Gasteiger partial charge in [0.25, 0.3) is 0 Å². The lowest BCUT2D eigenvalue weighted by Crippen LogP contribution is -2.01. The number of benzene rings is 4. The van der Waals surface area contributed by atoms with E-state index in [2.05, 4.69) is 14.5 Å². The minimum Gasteiger partial charge on any atom is -0.292 e. The molecule has 0 aliphatic rings. The minimum atomic E-state index is -0.355. The highest BCUT2D eigenvalue weighted by Crippen LogP contribution is 2.31. The van der Waals surface area contributed by atoms with Crippen LogP contribution >= 0.6 is 0 Å². The summed E-state index contributed by atoms with van der Waals surface area (Å²) < 4.78 is 29.4. The highest BCUT2D eigenvalue weighted by molar-refractivity contribution is 5.84. The van der Waals surface area contributed by atoms with Crippen LogP contribution in [-0.2, 0) is 0 Å². The molecule has 0 bridgehead atoms. The maximum Gasteiger partial charge on any atom is 0.164 e. The number of nitrogens with zero attached hydrogens (tertiary/aromatic N) is 6. The van der Waals surface area contributed by atoms with Crippen molar-refractivity contribution >= 4 is 11.0 Å². The van der Waals surface area contributed by atoms with E-state index in [1.54, 1.807) is 36.7 Å². The molecule has 0 fully saturated rings. The van der Waals surface area contributed by atoms with Gasteiger partial charge in [-0.2, -0.15) is 0 Å². The third kappa shape index (κ3) is 4.72. The molecule has 0 radical (unpaired) electrons. The molecule has 0 N–H and O–H groups in total. The molecule has 0 atom stereocenters. The highest BCUT2D eigenvalue weighted by atomic mass is 19.1. The van der Waals surface area contributed by atoms with E-state index >= 15 is 0 Å². The molecule has 8 heteroatoms. The van der Waals surface area contributed by atoms with Gasteiger partial charge in [-0.3, -0.25) is 9.55 Å². The summed E-state index contributed by atoms with van der Waals surface area (Å²) in [7, 11) is 0. The molecule has 0 saturated heterocycles. The van der Waals surface area contributed by atoms with Crippen LogP contribution in [0.3, 0.4) is 0 Å². The number of fused-ring (bicyclic) bond motifs is 1. The van der Waals surface area contributed by atoms with Gasteiger partial charge < -0.3 is 0 Å². The van der Waals surface area contributed by atoms with Crippen LogP contribution in [0.25, 0.3) is 62.3 Å². The van der Waals surface area contributed by atoms with Gasteiger partial charge in [-0.1, -0.05) is 30.3 Å². The molecule has 7 rings (SSSR count). The topological polar surface area (TPSA) is 69.4 Å². The summed E-state index contributed by atoms with van der Waals surface area (Å²) >= 11 is 0. The molecule has 41 heavy (non-hydrogen) atoms. The Hall–Kier alpha value is -5.63. The number of hydrogen-bond acceptors (Lipinski definition) is 5. The first kappa shape index (κ1) is 24.4. The largest absolute Gasteiger partial charge is 0.292 e. The van der Waals surface area contributed by atoms with Gasteiger partial charge in [0.2, 0.25) is 0 Å². The van der Waals surface area contributed by atoms with Gasteiger partial charge in [0.05, 0.1) is 16.7 Å². The van der Waals surface area contributed by atoms with Crippen LogP contribution in [0.2, 0.25) is 0 Å². The quantitative estimate of drug-likeness (QED) is 0.226. The Balaban J connectivity index is 1.40. The fourth-order valence-corrected chi connectivity index (χ4v) is 4.73. The Kier molecular flexibility index (Phi) is 6.05. The number of halogens is 2. The van der Waals surface area contributed by atoms with Crippen molar-refractivity contribution in [2.75, 3.05) is 0 Å². The molecule has 196 valence electrons. The molecule has 0 saturated carbocycles. The van der Waals surface area contributed by atoms with Crippen molar-refractivity contribution in [3.05, 3.63) is 133 Å². The summed E-state index contributed by atoms with van der Waals surface area (Å²) in [4.78, 5) is 23.3. The van der Waals surface area contributed by atoms with Gasteiger partial charge in [0.15, 0.2) is 17.5 Å². The highest BCUT2D eigenvalue weighted by Gasteiger charge is 2.17. The molecule has 0 spiro atoms. The summed E-state index contributed by atoms with van der Waals surface area (Å²) in [5, 5.41) is 0. The van der Waals surface area contributed by atoms with E-state index in [-0.39, 0.29) is 11.6 Å². The molecule has 7 aromatic rings. The summed E-state index contributed by atoms with van der Waals surface area (Å²) in [6.45, 7) is 0. The van der Waals surface area contributed by atoms with Crippen molar-refractivity contribution < 1.29 is 8.78 Å². The Bertz CT molecular complexity index is 1940. The summed E-state index contributed by atoms with van der Waals surface area (Å²) in [5.41, 5.74) is 5.64. The second-order valence-electron chi connectivity index (χ2n) is 9.37. The Morgan fingerprint density at radius 2 is 1.05 bits per heavy atom. The van der Waals surface area contributed by atoms with E-state index in [0.29, 0.717) is 28.6 Å². The SMILES string of the molecule is Fc1ccc(-c2nc(-c3ccc(F)cc3)nc(-c3cccc(-c4nc5ccccc5n4-c4ccncc4)c3)n2)cc1. The molecule has 0 unspecified atom stereocenters. The minimum absolute atomic E-state index is 0.355. The molecule has 0 aliphatic heterocycles. The Morgan fingerprint density at radius 3 is 1.68 bits per heavy atom. The fourth-order valence-electron chi connectivity index (χ4n) is 4.73. The van der Waals surface area contributed by atoms with Crippen LogP contribution in [-0.4, -0.2) is 29.5 Å². The molecular formula is C33H20F2N6. The Morgan fingerprint density at radius 1 is 0.488 bits per heavy atom. The van der Waals surface area contributed by atoms with Crippen molar-refractivity contribution in [3.8, 4) is 51.2 Å². The summed E-state index contributed by atoms with van der Waals surface area (Å²) in [6, 6.07) is 31.6. The van der Waals surface area contributed by atoms with E-state index in [9.17, 15) is 8.78 Å². The standard InChI is InChI=1S/C33H20F2N6/c34-25-12-8-21(9-13-25)30-38-31(22-10-14-26(35)15-11-22)40-32(39-30)23-4-3-5-24(20-23)33-37-28-6-1-2-7-29(28)41(33)27-16-18-36-19-17-27/h1-20H. The average molecular weight is 539 g/mol. The van der Waals surface area contributed by atoms with E-state index in [0.717, 1.165) is 33.7 Å². The van der Waals surface area contributed by atoms with Gasteiger partial charge in [0.1, 0.15) is 17.5 Å². The van der Waals surface area contributed by atoms with Crippen LogP contribution in [0.1, 0.15) is 0 Å². The van der Waals surface area contributed by atoms with Gasteiger partial charge in [0, 0.05) is 34.6 Å². The monoisotopic (exact) mass is 538 g/mol. The maximum atomic E-state index is 13.7. The number of imidazole rings is 1. The number of hydrogen-bond donors (Lipinski definition) is 0. The second kappa shape index (κ2) is 10.2. The van der Waals surface area contributed by atoms with Gasteiger partial charge in [-0.05, 0) is 78.9 Å². The van der Waals surface area contributed by atoms with Crippen LogP contribution in [0.15, 0.2) is 122 Å². The van der Waals surface area contributed by atoms with E-state index < -0.39 is 0 Å². The van der Waals surface area contributed by atoms with E-state index in [1.165, 1.54) is 24.3 Å². The number of rotatable bonds is 5. The molecule has 4 aromatic carbocycles. The molecule has 6 nitrogen and oxygen atoms in total. The maximum absolute atomic E-state index is 13.7. The zero-order valence-electron chi connectivity index (χ0n) is 21.5.